The predicted molar refractivity (Wildman–Crippen MR) is 66.7 cm³/mol. The van der Waals surface area contributed by atoms with Crippen molar-refractivity contribution in [1.29, 1.82) is 0 Å². The Morgan fingerprint density at radius 2 is 2.33 bits per heavy atom. The zero-order chi connectivity index (χ0) is 11.4. The van der Waals surface area contributed by atoms with E-state index < -0.39 is 0 Å². The van der Waals surface area contributed by atoms with Crippen LogP contribution in [0.25, 0.3) is 0 Å². The number of hydrogen-bond donors (Lipinski definition) is 1. The Labute approximate surface area is 102 Å². The van der Waals surface area contributed by atoms with Gasteiger partial charge in [-0.2, -0.15) is 0 Å². The third kappa shape index (κ3) is 3.57. The maximum absolute atomic E-state index is 11.7. The molecule has 0 aliphatic carbocycles. The second kappa shape index (κ2) is 5.61. The molecule has 84 valence electrons. The molecule has 0 saturated heterocycles. The van der Waals surface area contributed by atoms with Gasteiger partial charge >= 0.3 is 0 Å². The lowest BCUT2D eigenvalue weighted by atomic mass is 10.1. The van der Waals surface area contributed by atoms with Gasteiger partial charge in [0.2, 0.25) is 0 Å². The number of amides is 1. The number of halogens is 1. The Morgan fingerprint density at radius 1 is 1.67 bits per heavy atom. The van der Waals surface area contributed by atoms with Crippen LogP contribution < -0.4 is 5.32 Å². The molecule has 1 aromatic heterocycles. The number of carbonyl (C=O) groups excluding carboxylic acids is 1. The summed E-state index contributed by atoms with van der Waals surface area (Å²) >= 11 is 4.89. The number of nitrogens with one attached hydrogen (secondary N) is 1. The molecule has 0 aliphatic heterocycles. The van der Waals surface area contributed by atoms with Crippen molar-refractivity contribution in [2.75, 3.05) is 5.33 Å². The van der Waals surface area contributed by atoms with Crippen LogP contribution >= 0.6 is 27.3 Å². The average Bonchev–Trinajstić information content (AvgIpc) is 2.63. The Bertz CT molecular complexity index is 340. The van der Waals surface area contributed by atoms with E-state index >= 15 is 0 Å². The smallest absolute Gasteiger partial charge is 0.270 e. The van der Waals surface area contributed by atoms with Gasteiger partial charge in [0.1, 0.15) is 5.69 Å². The van der Waals surface area contributed by atoms with E-state index in [1.165, 1.54) is 11.3 Å². The van der Waals surface area contributed by atoms with Crippen molar-refractivity contribution in [2.24, 2.45) is 5.92 Å². The van der Waals surface area contributed by atoms with Crippen LogP contribution in [0.4, 0.5) is 0 Å². The van der Waals surface area contributed by atoms with Gasteiger partial charge in [0, 0.05) is 16.8 Å². The fourth-order valence-electron chi connectivity index (χ4n) is 1.02. The molecule has 0 saturated carbocycles. The number of aromatic nitrogens is 1. The SMILES string of the molecule is Cc1nc(C(=O)NC(C)C(C)CBr)cs1. The summed E-state index contributed by atoms with van der Waals surface area (Å²) < 4.78 is 0. The van der Waals surface area contributed by atoms with Gasteiger partial charge in [0.15, 0.2) is 0 Å². The van der Waals surface area contributed by atoms with E-state index in [0.29, 0.717) is 11.6 Å². The maximum Gasteiger partial charge on any atom is 0.270 e. The second-order valence-corrected chi connectivity index (χ2v) is 5.36. The van der Waals surface area contributed by atoms with Crippen molar-refractivity contribution in [1.82, 2.24) is 10.3 Å². The van der Waals surface area contributed by atoms with E-state index in [-0.39, 0.29) is 11.9 Å². The number of nitrogens with zero attached hydrogens (tertiary/aromatic N) is 1. The number of rotatable bonds is 4. The molecule has 0 aliphatic rings. The summed E-state index contributed by atoms with van der Waals surface area (Å²) in [7, 11) is 0. The highest BCUT2D eigenvalue weighted by Crippen LogP contribution is 2.10. The molecule has 1 rings (SSSR count). The first-order valence-corrected chi connectivity index (χ1v) is 6.83. The quantitative estimate of drug-likeness (QED) is 0.866. The van der Waals surface area contributed by atoms with E-state index in [9.17, 15) is 4.79 Å². The van der Waals surface area contributed by atoms with Gasteiger partial charge in [0.25, 0.3) is 5.91 Å². The van der Waals surface area contributed by atoms with E-state index in [1.807, 2.05) is 13.8 Å². The fraction of sp³-hybridized carbons (Fsp3) is 0.600. The van der Waals surface area contributed by atoms with Crippen LogP contribution in [0.2, 0.25) is 0 Å². The number of carbonyl (C=O) groups is 1. The first-order valence-electron chi connectivity index (χ1n) is 4.83. The third-order valence-electron chi connectivity index (χ3n) is 2.31. The van der Waals surface area contributed by atoms with Crippen LogP contribution in [0.5, 0.6) is 0 Å². The minimum Gasteiger partial charge on any atom is -0.348 e. The van der Waals surface area contributed by atoms with Crippen LogP contribution in [-0.4, -0.2) is 22.3 Å². The van der Waals surface area contributed by atoms with Crippen LogP contribution in [-0.2, 0) is 0 Å². The molecule has 0 radical (unpaired) electrons. The number of alkyl halides is 1. The van der Waals surface area contributed by atoms with E-state index in [1.54, 1.807) is 5.38 Å². The van der Waals surface area contributed by atoms with Gasteiger partial charge in [-0.1, -0.05) is 22.9 Å². The molecule has 0 fully saturated rings. The number of aryl methyl sites for hydroxylation is 1. The minimum absolute atomic E-state index is 0.0837. The lowest BCUT2D eigenvalue weighted by molar-refractivity contribution is 0.0926. The summed E-state index contributed by atoms with van der Waals surface area (Å²) in [6.07, 6.45) is 0. The standard InChI is InChI=1S/C10H15BrN2OS/c1-6(4-11)7(2)12-10(14)9-5-15-8(3)13-9/h5-7H,4H2,1-3H3,(H,12,14). The topological polar surface area (TPSA) is 42.0 Å². The van der Waals surface area contributed by atoms with Crippen molar-refractivity contribution < 1.29 is 4.79 Å². The maximum atomic E-state index is 11.7. The van der Waals surface area contributed by atoms with Gasteiger partial charge in [-0.15, -0.1) is 11.3 Å². The van der Waals surface area contributed by atoms with Gasteiger partial charge in [-0.3, -0.25) is 4.79 Å². The van der Waals surface area contributed by atoms with Crippen molar-refractivity contribution >= 4 is 33.2 Å². The van der Waals surface area contributed by atoms with Crippen LogP contribution in [0.1, 0.15) is 29.3 Å². The monoisotopic (exact) mass is 290 g/mol. The molecule has 0 aromatic carbocycles. The van der Waals surface area contributed by atoms with E-state index in [4.69, 9.17) is 0 Å². The predicted octanol–water partition coefficient (Wildman–Crippen LogP) is 2.60. The fourth-order valence-corrected chi connectivity index (χ4v) is 2.18. The van der Waals surface area contributed by atoms with Gasteiger partial charge < -0.3 is 5.32 Å². The Hall–Kier alpha value is -0.420. The number of thiazole rings is 1. The summed E-state index contributed by atoms with van der Waals surface area (Å²) in [6, 6.07) is 0.152. The Balaban J connectivity index is 2.56. The summed E-state index contributed by atoms with van der Waals surface area (Å²) in [5.41, 5.74) is 0.520. The molecule has 0 spiro atoms. The molecule has 15 heavy (non-hydrogen) atoms. The summed E-state index contributed by atoms with van der Waals surface area (Å²) in [4.78, 5) is 15.9. The lowest BCUT2D eigenvalue weighted by Gasteiger charge is -2.18. The second-order valence-electron chi connectivity index (χ2n) is 3.65. The van der Waals surface area contributed by atoms with Crippen LogP contribution in [0, 0.1) is 12.8 Å². The molecule has 2 atom stereocenters. The molecule has 5 heteroatoms. The molecule has 0 bridgehead atoms. The molecular weight excluding hydrogens is 276 g/mol. The van der Waals surface area contributed by atoms with Gasteiger partial charge in [0.05, 0.1) is 5.01 Å². The third-order valence-corrected chi connectivity index (χ3v) is 4.10. The van der Waals surface area contributed by atoms with Gasteiger partial charge in [-0.05, 0) is 19.8 Å². The van der Waals surface area contributed by atoms with Crippen molar-refractivity contribution in [3.63, 3.8) is 0 Å². The number of hydrogen-bond acceptors (Lipinski definition) is 3. The van der Waals surface area contributed by atoms with Crippen LogP contribution in [0.3, 0.4) is 0 Å². The zero-order valence-corrected chi connectivity index (χ0v) is 11.5. The Kier molecular flexibility index (Phi) is 4.73. The molecular formula is C10H15BrN2OS. The zero-order valence-electron chi connectivity index (χ0n) is 9.08. The van der Waals surface area contributed by atoms with Crippen LogP contribution in [0.15, 0.2) is 5.38 Å². The van der Waals surface area contributed by atoms with Crippen molar-refractivity contribution in [3.05, 3.63) is 16.1 Å². The first kappa shape index (κ1) is 12.6. The van der Waals surface area contributed by atoms with E-state index in [0.717, 1.165) is 10.3 Å². The summed E-state index contributed by atoms with van der Waals surface area (Å²) in [5.74, 6) is 0.327. The lowest BCUT2D eigenvalue weighted by Crippen LogP contribution is -2.37. The first-order chi connectivity index (χ1) is 7.04. The largest absolute Gasteiger partial charge is 0.348 e. The molecule has 1 N–H and O–H groups in total. The van der Waals surface area contributed by atoms with Crippen molar-refractivity contribution in [3.8, 4) is 0 Å². The summed E-state index contributed by atoms with van der Waals surface area (Å²) in [6.45, 7) is 5.99. The minimum atomic E-state index is -0.0837. The molecule has 1 heterocycles. The highest BCUT2D eigenvalue weighted by atomic mass is 79.9. The highest BCUT2D eigenvalue weighted by molar-refractivity contribution is 9.09. The molecule has 1 amide bonds. The highest BCUT2D eigenvalue weighted by Gasteiger charge is 2.16. The molecule has 1 aromatic rings. The normalized spacial score (nSPS) is 14.7. The summed E-state index contributed by atoms with van der Waals surface area (Å²) in [5, 5.41) is 6.52. The Morgan fingerprint density at radius 3 is 2.80 bits per heavy atom. The van der Waals surface area contributed by atoms with Crippen molar-refractivity contribution in [2.45, 2.75) is 26.8 Å². The molecule has 3 nitrogen and oxygen atoms in total. The van der Waals surface area contributed by atoms with E-state index in [2.05, 4.69) is 33.2 Å². The van der Waals surface area contributed by atoms with Gasteiger partial charge in [-0.25, -0.2) is 4.98 Å². The molecule has 2 unspecified atom stereocenters. The average molecular weight is 291 g/mol.